The van der Waals surface area contributed by atoms with E-state index in [0.717, 1.165) is 6.42 Å². The first kappa shape index (κ1) is 15.6. The molecule has 0 spiro atoms. The van der Waals surface area contributed by atoms with Crippen molar-refractivity contribution in [1.82, 2.24) is 0 Å². The van der Waals surface area contributed by atoms with Crippen LogP contribution >= 0.6 is 0 Å². The molecule has 0 aromatic heterocycles. The van der Waals surface area contributed by atoms with E-state index in [9.17, 15) is 0 Å². The molecule has 0 fully saturated rings. The Morgan fingerprint density at radius 3 is 2.19 bits per heavy atom. The van der Waals surface area contributed by atoms with Crippen molar-refractivity contribution in [3.63, 3.8) is 0 Å². The van der Waals surface area contributed by atoms with Gasteiger partial charge in [0.15, 0.2) is 0 Å². The van der Waals surface area contributed by atoms with Crippen LogP contribution < -0.4 is 11.1 Å². The van der Waals surface area contributed by atoms with Crippen molar-refractivity contribution < 1.29 is 0 Å². The summed E-state index contributed by atoms with van der Waals surface area (Å²) in [5, 5.41) is 3.32. The molecule has 0 saturated heterocycles. The van der Waals surface area contributed by atoms with Crippen LogP contribution in [0.1, 0.15) is 40.2 Å². The van der Waals surface area contributed by atoms with E-state index < -0.39 is 0 Å². The molecule has 1 unspecified atom stereocenters. The molecule has 2 aromatic carbocycles. The van der Waals surface area contributed by atoms with E-state index in [0.29, 0.717) is 12.5 Å². The highest BCUT2D eigenvalue weighted by Crippen LogP contribution is 2.35. The van der Waals surface area contributed by atoms with E-state index >= 15 is 0 Å². The van der Waals surface area contributed by atoms with Gasteiger partial charge in [-0.2, -0.15) is 0 Å². The summed E-state index contributed by atoms with van der Waals surface area (Å²) in [5.41, 5.74) is 13.8. The normalized spacial score (nSPS) is 12.2. The number of nitrogens with one attached hydrogen (secondary N) is 1. The van der Waals surface area contributed by atoms with Crippen LogP contribution in [-0.4, -0.2) is 13.6 Å². The number of benzene rings is 2. The van der Waals surface area contributed by atoms with Gasteiger partial charge in [-0.3, -0.25) is 0 Å². The Hall–Kier alpha value is -1.80. The van der Waals surface area contributed by atoms with Gasteiger partial charge in [0.1, 0.15) is 0 Å². The van der Waals surface area contributed by atoms with Crippen molar-refractivity contribution in [3.05, 3.63) is 64.2 Å². The van der Waals surface area contributed by atoms with Gasteiger partial charge in [0.25, 0.3) is 0 Å². The molecule has 3 N–H and O–H groups in total. The van der Waals surface area contributed by atoms with Crippen molar-refractivity contribution in [1.29, 1.82) is 0 Å². The zero-order chi connectivity index (χ0) is 15.4. The summed E-state index contributed by atoms with van der Waals surface area (Å²) in [4.78, 5) is 0. The maximum atomic E-state index is 5.90. The van der Waals surface area contributed by atoms with Crippen LogP contribution in [-0.2, 0) is 0 Å². The number of hydrogen-bond donors (Lipinski definition) is 2. The van der Waals surface area contributed by atoms with Gasteiger partial charge in [-0.1, -0.05) is 41.5 Å². The van der Waals surface area contributed by atoms with Gasteiger partial charge >= 0.3 is 0 Å². The maximum absolute atomic E-state index is 5.90. The second kappa shape index (κ2) is 6.77. The molecule has 0 amide bonds. The molecular formula is C19H26N2. The summed E-state index contributed by atoms with van der Waals surface area (Å²) >= 11 is 0. The molecular weight excluding hydrogens is 256 g/mol. The second-order valence-electron chi connectivity index (χ2n) is 5.83. The Labute approximate surface area is 128 Å². The van der Waals surface area contributed by atoms with Crippen molar-refractivity contribution in [2.24, 2.45) is 5.73 Å². The van der Waals surface area contributed by atoms with E-state index in [1.54, 1.807) is 0 Å². The lowest BCUT2D eigenvalue weighted by Crippen LogP contribution is -2.12. The zero-order valence-corrected chi connectivity index (χ0v) is 13.5. The number of rotatable bonds is 5. The third-order valence-corrected chi connectivity index (χ3v) is 4.12. The molecule has 1 atom stereocenters. The summed E-state index contributed by atoms with van der Waals surface area (Å²) in [5.74, 6) is 0.345. The zero-order valence-electron chi connectivity index (χ0n) is 13.5. The Morgan fingerprint density at radius 2 is 1.57 bits per heavy atom. The summed E-state index contributed by atoms with van der Waals surface area (Å²) in [6.07, 6.45) is 0.961. The molecule has 21 heavy (non-hydrogen) atoms. The fourth-order valence-corrected chi connectivity index (χ4v) is 2.98. The fourth-order valence-electron chi connectivity index (χ4n) is 2.98. The molecule has 112 valence electrons. The van der Waals surface area contributed by atoms with Gasteiger partial charge in [-0.25, -0.2) is 0 Å². The molecule has 0 aliphatic carbocycles. The molecule has 2 heteroatoms. The molecule has 0 bridgehead atoms. The molecule has 2 nitrogen and oxygen atoms in total. The van der Waals surface area contributed by atoms with Crippen molar-refractivity contribution in [2.75, 3.05) is 18.9 Å². The summed E-state index contributed by atoms with van der Waals surface area (Å²) < 4.78 is 0. The van der Waals surface area contributed by atoms with Crippen molar-refractivity contribution in [2.45, 2.75) is 33.1 Å². The van der Waals surface area contributed by atoms with Crippen LogP contribution in [0, 0.1) is 20.8 Å². The topological polar surface area (TPSA) is 38.0 Å². The van der Waals surface area contributed by atoms with Crippen molar-refractivity contribution in [3.8, 4) is 0 Å². The minimum absolute atomic E-state index is 0.345. The highest BCUT2D eigenvalue weighted by molar-refractivity contribution is 5.57. The standard InChI is InChI=1S/C19H26N2/c1-13-5-7-15(3)17(11-13)16(9-10-20)18-12-14(2)6-8-19(18)21-4/h5-8,11-12,16,21H,9-10,20H2,1-4H3. The van der Waals surface area contributed by atoms with Gasteiger partial charge in [-0.05, 0) is 56.5 Å². The molecule has 0 saturated carbocycles. The van der Waals surface area contributed by atoms with E-state index in [2.05, 4.69) is 62.5 Å². The smallest absolute Gasteiger partial charge is 0.0376 e. The number of hydrogen-bond acceptors (Lipinski definition) is 2. The maximum Gasteiger partial charge on any atom is 0.0376 e. The lowest BCUT2D eigenvalue weighted by atomic mass is 9.84. The van der Waals surface area contributed by atoms with Crippen LogP contribution in [0.15, 0.2) is 36.4 Å². The third-order valence-electron chi connectivity index (χ3n) is 4.12. The SMILES string of the molecule is CNc1ccc(C)cc1C(CCN)c1cc(C)ccc1C. The predicted molar refractivity (Wildman–Crippen MR) is 92.2 cm³/mol. The second-order valence-corrected chi connectivity index (χ2v) is 5.83. The number of anilines is 1. The van der Waals surface area contributed by atoms with Crippen LogP contribution in [0.2, 0.25) is 0 Å². The Balaban J connectivity index is 2.58. The van der Waals surface area contributed by atoms with E-state index in [-0.39, 0.29) is 0 Å². The molecule has 0 radical (unpaired) electrons. The number of aryl methyl sites for hydroxylation is 3. The van der Waals surface area contributed by atoms with E-state index in [4.69, 9.17) is 5.73 Å². The molecule has 0 aliphatic heterocycles. The minimum atomic E-state index is 0.345. The van der Waals surface area contributed by atoms with Gasteiger partial charge < -0.3 is 11.1 Å². The number of nitrogens with two attached hydrogens (primary N) is 1. The molecule has 2 rings (SSSR count). The van der Waals surface area contributed by atoms with Crippen LogP contribution in [0.5, 0.6) is 0 Å². The Morgan fingerprint density at radius 1 is 0.952 bits per heavy atom. The van der Waals surface area contributed by atoms with Crippen LogP contribution in [0.4, 0.5) is 5.69 Å². The van der Waals surface area contributed by atoms with E-state index in [1.165, 1.54) is 33.5 Å². The first-order valence-electron chi connectivity index (χ1n) is 7.62. The first-order chi connectivity index (χ1) is 10.1. The molecule has 0 aliphatic rings. The lowest BCUT2D eigenvalue weighted by molar-refractivity contribution is 0.722. The van der Waals surface area contributed by atoms with Gasteiger partial charge in [0.05, 0.1) is 0 Å². The highest BCUT2D eigenvalue weighted by Gasteiger charge is 2.19. The summed E-state index contributed by atoms with van der Waals surface area (Å²) in [6, 6.07) is 13.3. The van der Waals surface area contributed by atoms with E-state index in [1.807, 2.05) is 7.05 Å². The highest BCUT2D eigenvalue weighted by atomic mass is 14.8. The predicted octanol–water partition coefficient (Wildman–Crippen LogP) is 4.13. The molecule has 2 aromatic rings. The van der Waals surface area contributed by atoms with Crippen LogP contribution in [0.3, 0.4) is 0 Å². The molecule has 0 heterocycles. The summed E-state index contributed by atoms with van der Waals surface area (Å²) in [7, 11) is 1.98. The largest absolute Gasteiger partial charge is 0.388 e. The average molecular weight is 282 g/mol. The van der Waals surface area contributed by atoms with Gasteiger partial charge in [0.2, 0.25) is 0 Å². The Kier molecular flexibility index (Phi) is 5.03. The minimum Gasteiger partial charge on any atom is -0.388 e. The lowest BCUT2D eigenvalue weighted by Gasteiger charge is -2.23. The quantitative estimate of drug-likeness (QED) is 0.865. The fraction of sp³-hybridized carbons (Fsp3) is 0.368. The van der Waals surface area contributed by atoms with Gasteiger partial charge in [0, 0.05) is 18.7 Å². The summed E-state index contributed by atoms with van der Waals surface area (Å²) in [6.45, 7) is 7.17. The van der Waals surface area contributed by atoms with Crippen molar-refractivity contribution >= 4 is 5.69 Å². The third kappa shape index (κ3) is 3.45. The average Bonchev–Trinajstić information content (AvgIpc) is 2.47. The Bertz CT molecular complexity index is 617. The first-order valence-corrected chi connectivity index (χ1v) is 7.62. The van der Waals surface area contributed by atoms with Crippen LogP contribution in [0.25, 0.3) is 0 Å². The monoisotopic (exact) mass is 282 g/mol. The van der Waals surface area contributed by atoms with Gasteiger partial charge in [-0.15, -0.1) is 0 Å².